The summed E-state index contributed by atoms with van der Waals surface area (Å²) in [6.07, 6.45) is 15.6. The first-order valence-corrected chi connectivity index (χ1v) is 13.3. The molecule has 0 saturated heterocycles. The zero-order chi connectivity index (χ0) is 24.2. The Morgan fingerprint density at radius 1 is 1.09 bits per heavy atom. The summed E-state index contributed by atoms with van der Waals surface area (Å²) < 4.78 is 0. The molecule has 33 heavy (non-hydrogen) atoms. The zero-order valence-electron chi connectivity index (χ0n) is 21.8. The highest BCUT2D eigenvalue weighted by atomic mass is 16.3. The average molecular weight is 455 g/mol. The van der Waals surface area contributed by atoms with Crippen molar-refractivity contribution in [2.45, 2.75) is 92.9 Å². The van der Waals surface area contributed by atoms with Crippen LogP contribution in [0, 0.1) is 39.4 Å². The second-order valence-corrected chi connectivity index (χ2v) is 12.9. The van der Waals surface area contributed by atoms with Crippen molar-refractivity contribution in [2.75, 3.05) is 13.2 Å². The van der Waals surface area contributed by atoms with E-state index in [9.17, 15) is 15.0 Å². The van der Waals surface area contributed by atoms with Crippen LogP contribution in [0.25, 0.3) is 0 Å². The van der Waals surface area contributed by atoms with E-state index < -0.39 is 0 Å². The minimum atomic E-state index is -0.236. The fourth-order valence-electron chi connectivity index (χ4n) is 8.69. The maximum atomic E-state index is 12.8. The molecule has 6 atom stereocenters. The van der Waals surface area contributed by atoms with Gasteiger partial charge in [-0.3, -0.25) is 4.79 Å². The third kappa shape index (κ3) is 3.56. The van der Waals surface area contributed by atoms with E-state index in [1.54, 1.807) is 11.1 Å². The summed E-state index contributed by atoms with van der Waals surface area (Å²) in [5.74, 6) is 2.14. The van der Waals surface area contributed by atoms with Gasteiger partial charge in [-0.05, 0) is 95.7 Å². The summed E-state index contributed by atoms with van der Waals surface area (Å²) in [5, 5.41) is 18.7. The lowest BCUT2D eigenvalue weighted by Crippen LogP contribution is -2.53. The van der Waals surface area contributed by atoms with Crippen LogP contribution in [0.1, 0.15) is 92.9 Å². The van der Waals surface area contributed by atoms with Crippen LogP contribution in [-0.4, -0.2) is 29.2 Å². The molecule has 0 spiro atoms. The summed E-state index contributed by atoms with van der Waals surface area (Å²) >= 11 is 0. The van der Waals surface area contributed by atoms with E-state index in [1.165, 1.54) is 12.8 Å². The summed E-state index contributed by atoms with van der Waals surface area (Å²) in [7, 11) is 0. The Morgan fingerprint density at radius 2 is 1.79 bits per heavy atom. The lowest BCUT2D eigenvalue weighted by Gasteiger charge is -2.59. The van der Waals surface area contributed by atoms with Crippen LogP contribution < -0.4 is 0 Å². The van der Waals surface area contributed by atoms with Crippen molar-refractivity contribution in [3.63, 3.8) is 0 Å². The Bertz CT molecular complexity index is 886. The Balaban J connectivity index is 1.61. The second-order valence-electron chi connectivity index (χ2n) is 12.9. The molecule has 3 nitrogen and oxygen atoms in total. The number of carbonyl (C=O) groups excluding carboxylic acids is 1. The fraction of sp³-hybridized carbons (Fsp3) is 0.767. The van der Waals surface area contributed by atoms with E-state index in [2.05, 4.69) is 53.7 Å². The Labute approximate surface area is 201 Å². The molecule has 184 valence electrons. The van der Waals surface area contributed by atoms with Crippen LogP contribution in [0.3, 0.4) is 0 Å². The summed E-state index contributed by atoms with van der Waals surface area (Å²) in [5.41, 5.74) is 4.26. The molecule has 2 fully saturated rings. The molecule has 0 aromatic rings. The van der Waals surface area contributed by atoms with Gasteiger partial charge in [-0.2, -0.15) is 0 Å². The Morgan fingerprint density at radius 3 is 2.45 bits per heavy atom. The molecule has 0 heterocycles. The van der Waals surface area contributed by atoms with Crippen molar-refractivity contribution in [3.05, 3.63) is 34.9 Å². The van der Waals surface area contributed by atoms with Gasteiger partial charge >= 0.3 is 0 Å². The molecular weight excluding hydrogens is 408 g/mol. The fourth-order valence-corrected chi connectivity index (χ4v) is 8.69. The summed E-state index contributed by atoms with van der Waals surface area (Å²) in [6.45, 7) is 14.2. The van der Waals surface area contributed by atoms with Crippen molar-refractivity contribution < 1.29 is 15.0 Å². The molecule has 0 aromatic carbocycles. The zero-order valence-corrected chi connectivity index (χ0v) is 21.8. The van der Waals surface area contributed by atoms with Crippen molar-refractivity contribution in [1.29, 1.82) is 0 Å². The molecule has 4 aliphatic rings. The molecule has 0 aliphatic heterocycles. The summed E-state index contributed by atoms with van der Waals surface area (Å²) in [6, 6.07) is 0. The first-order valence-electron chi connectivity index (χ1n) is 13.3. The molecule has 0 aromatic heterocycles. The largest absolute Gasteiger partial charge is 0.392 e. The van der Waals surface area contributed by atoms with E-state index in [0.717, 1.165) is 44.1 Å². The van der Waals surface area contributed by atoms with Gasteiger partial charge in [-0.1, -0.05) is 59.8 Å². The summed E-state index contributed by atoms with van der Waals surface area (Å²) in [4.78, 5) is 12.8. The Kier molecular flexibility index (Phi) is 6.41. The van der Waals surface area contributed by atoms with Gasteiger partial charge in [0.15, 0.2) is 0 Å². The number of aliphatic hydroxyl groups is 2. The van der Waals surface area contributed by atoms with Crippen LogP contribution in [0.15, 0.2) is 34.9 Å². The van der Waals surface area contributed by atoms with Crippen LogP contribution in [0.2, 0.25) is 0 Å². The maximum absolute atomic E-state index is 12.8. The smallest absolute Gasteiger partial charge is 0.138 e. The molecule has 3 heteroatoms. The van der Waals surface area contributed by atoms with Gasteiger partial charge in [-0.15, -0.1) is 0 Å². The molecule has 2 saturated carbocycles. The predicted molar refractivity (Wildman–Crippen MR) is 135 cm³/mol. The molecule has 4 rings (SSSR count). The Hall–Kier alpha value is -1.19. The van der Waals surface area contributed by atoms with E-state index in [4.69, 9.17) is 0 Å². The molecule has 2 N–H and O–H groups in total. The van der Waals surface area contributed by atoms with Crippen LogP contribution in [0.4, 0.5) is 0 Å². The van der Waals surface area contributed by atoms with Gasteiger partial charge in [0.05, 0.1) is 13.2 Å². The lowest BCUT2D eigenvalue weighted by molar-refractivity contribution is -0.138. The van der Waals surface area contributed by atoms with Crippen molar-refractivity contribution in [1.82, 2.24) is 0 Å². The van der Waals surface area contributed by atoms with Gasteiger partial charge in [0.2, 0.25) is 0 Å². The lowest BCUT2D eigenvalue weighted by atomic mass is 9.44. The number of allylic oxidation sites excluding steroid dienone is 5. The molecule has 1 unspecified atom stereocenters. The number of hydrogen-bond donors (Lipinski definition) is 2. The molecule has 4 aliphatic carbocycles. The van der Waals surface area contributed by atoms with Crippen LogP contribution in [-0.2, 0) is 4.79 Å². The normalized spacial score (nSPS) is 40.2. The van der Waals surface area contributed by atoms with E-state index in [0.29, 0.717) is 23.5 Å². The average Bonchev–Trinajstić information content (AvgIpc) is 3.05. The molecule has 0 bridgehead atoms. The quantitative estimate of drug-likeness (QED) is 0.456. The molecule has 0 radical (unpaired) electrons. The van der Waals surface area contributed by atoms with E-state index >= 15 is 0 Å². The number of aliphatic hydroxyl groups excluding tert-OH is 2. The second kappa shape index (κ2) is 8.48. The topological polar surface area (TPSA) is 57.5 Å². The van der Waals surface area contributed by atoms with Crippen LogP contribution >= 0.6 is 0 Å². The van der Waals surface area contributed by atoms with Crippen molar-refractivity contribution >= 4 is 5.78 Å². The SMILES string of the molecule is CC(CCC=C(CO)CO)[C@H]1CC[C@@]2(C)C3=CC[C@H]4C(C)(C)C(=O)CC[C@]4(C)C3=CC[C@]12C. The highest BCUT2D eigenvalue weighted by Gasteiger charge is 2.63. The van der Waals surface area contributed by atoms with Gasteiger partial charge in [0, 0.05) is 11.8 Å². The van der Waals surface area contributed by atoms with Gasteiger partial charge in [-0.25, -0.2) is 0 Å². The van der Waals surface area contributed by atoms with E-state index in [-0.39, 0.29) is 34.9 Å². The van der Waals surface area contributed by atoms with Crippen LogP contribution in [0.5, 0.6) is 0 Å². The van der Waals surface area contributed by atoms with Crippen molar-refractivity contribution in [2.24, 2.45) is 39.4 Å². The minimum absolute atomic E-state index is 0.0476. The number of Topliss-reactive ketones (excluding diaryl/α,β-unsaturated/α-hetero) is 1. The van der Waals surface area contributed by atoms with Gasteiger partial charge in [0.1, 0.15) is 5.78 Å². The van der Waals surface area contributed by atoms with Gasteiger partial charge in [0.25, 0.3) is 0 Å². The highest BCUT2D eigenvalue weighted by Crippen LogP contribution is 2.71. The third-order valence-corrected chi connectivity index (χ3v) is 11.2. The van der Waals surface area contributed by atoms with Gasteiger partial charge < -0.3 is 10.2 Å². The number of fused-ring (bicyclic) bond motifs is 5. The van der Waals surface area contributed by atoms with Crippen molar-refractivity contribution in [3.8, 4) is 0 Å². The standard InChI is InChI=1S/C30H46O3/c1-20(8-7-9-21(18-31)19-32)22-12-16-30(6)24-10-11-25-27(2,3)26(33)14-15-28(25,4)23(24)13-17-29(22,30)5/h9-10,13,20,22,25,31-32H,7-8,11-12,14-19H2,1-6H3/t20?,22-,25+,28-,29-,30+/m1/s1. The first kappa shape index (κ1) is 24.9. The minimum Gasteiger partial charge on any atom is -0.392 e. The van der Waals surface area contributed by atoms with E-state index in [1.807, 2.05) is 6.08 Å². The predicted octanol–water partition coefficient (Wildman–Crippen LogP) is 6.41. The third-order valence-electron chi connectivity index (χ3n) is 11.2. The number of rotatable bonds is 6. The monoisotopic (exact) mass is 454 g/mol. The maximum Gasteiger partial charge on any atom is 0.138 e. The first-order chi connectivity index (χ1) is 15.5. The number of hydrogen-bond acceptors (Lipinski definition) is 3. The molecular formula is C30H46O3. The molecule has 0 amide bonds. The number of carbonyl (C=O) groups is 1. The number of ketones is 1. The highest BCUT2D eigenvalue weighted by molar-refractivity contribution is 5.86.